The summed E-state index contributed by atoms with van der Waals surface area (Å²) in [5.41, 5.74) is 6.96. The van der Waals surface area contributed by atoms with Crippen LogP contribution in [0.25, 0.3) is 0 Å². The molecule has 0 aliphatic heterocycles. The molecule has 2 rings (SSSR count). The molecule has 1 saturated carbocycles. The highest BCUT2D eigenvalue weighted by molar-refractivity contribution is 9.10. The van der Waals surface area contributed by atoms with Gasteiger partial charge in [0.25, 0.3) is 0 Å². The molecule has 0 amide bonds. The van der Waals surface area contributed by atoms with Crippen LogP contribution in [0.4, 0.5) is 5.69 Å². The minimum Gasteiger partial charge on any atom is -0.398 e. The Hall–Kier alpha value is -0.590. The van der Waals surface area contributed by atoms with Crippen LogP contribution in [0.3, 0.4) is 0 Å². The molecular formula is C15H23BrN2O2S. The van der Waals surface area contributed by atoms with Crippen LogP contribution in [0.5, 0.6) is 0 Å². The molecule has 0 heterocycles. The second kappa shape index (κ2) is 6.26. The average molecular weight is 375 g/mol. The third-order valence-corrected chi connectivity index (χ3v) is 6.79. The van der Waals surface area contributed by atoms with Crippen LogP contribution < -0.4 is 10.5 Å². The summed E-state index contributed by atoms with van der Waals surface area (Å²) in [4.78, 5) is 0.265. The van der Waals surface area contributed by atoms with Gasteiger partial charge in [-0.1, -0.05) is 36.2 Å². The van der Waals surface area contributed by atoms with Gasteiger partial charge in [-0.3, -0.25) is 0 Å². The van der Waals surface area contributed by atoms with Gasteiger partial charge < -0.3 is 5.73 Å². The zero-order chi connectivity index (χ0) is 15.8. The van der Waals surface area contributed by atoms with Gasteiger partial charge in [0.15, 0.2) is 0 Å². The number of rotatable bonds is 4. The number of nitrogens with one attached hydrogen (secondary N) is 1. The van der Waals surface area contributed by atoms with Gasteiger partial charge in [0.05, 0.1) is 4.90 Å². The van der Waals surface area contributed by atoms with Gasteiger partial charge >= 0.3 is 0 Å². The van der Waals surface area contributed by atoms with Crippen LogP contribution in [0.15, 0.2) is 21.5 Å². The average Bonchev–Trinajstić information content (AvgIpc) is 2.74. The smallest absolute Gasteiger partial charge is 0.241 e. The van der Waals surface area contributed by atoms with E-state index in [-0.39, 0.29) is 10.9 Å². The first kappa shape index (κ1) is 16.8. The van der Waals surface area contributed by atoms with E-state index >= 15 is 0 Å². The molecule has 3 N–H and O–H groups in total. The fraction of sp³-hybridized carbons (Fsp3) is 0.600. The largest absolute Gasteiger partial charge is 0.398 e. The monoisotopic (exact) mass is 374 g/mol. The summed E-state index contributed by atoms with van der Waals surface area (Å²) >= 11 is 3.31. The van der Waals surface area contributed by atoms with Crippen molar-refractivity contribution in [1.82, 2.24) is 4.72 Å². The molecule has 1 aliphatic carbocycles. The topological polar surface area (TPSA) is 72.2 Å². The second-order valence-corrected chi connectivity index (χ2v) is 8.55. The van der Waals surface area contributed by atoms with E-state index in [4.69, 9.17) is 5.73 Å². The number of hydrogen-bond donors (Lipinski definition) is 2. The van der Waals surface area contributed by atoms with Crippen molar-refractivity contribution in [2.45, 2.75) is 51.0 Å². The van der Waals surface area contributed by atoms with E-state index in [9.17, 15) is 8.42 Å². The van der Waals surface area contributed by atoms with Crippen molar-refractivity contribution >= 4 is 31.6 Å². The Morgan fingerprint density at radius 2 is 2.05 bits per heavy atom. The summed E-state index contributed by atoms with van der Waals surface area (Å²) in [6.45, 7) is 6.04. The van der Waals surface area contributed by atoms with Gasteiger partial charge in [0.2, 0.25) is 10.0 Å². The minimum atomic E-state index is -3.54. The van der Waals surface area contributed by atoms with Crippen molar-refractivity contribution in [2.75, 3.05) is 5.73 Å². The molecule has 0 spiro atoms. The quantitative estimate of drug-likeness (QED) is 0.792. The lowest BCUT2D eigenvalue weighted by Crippen LogP contribution is -2.37. The lowest BCUT2D eigenvalue weighted by Gasteiger charge is -2.21. The Kier molecular flexibility index (Phi) is 5.00. The van der Waals surface area contributed by atoms with E-state index < -0.39 is 10.0 Å². The third kappa shape index (κ3) is 3.43. The molecule has 1 aromatic rings. The van der Waals surface area contributed by atoms with Crippen molar-refractivity contribution in [3.05, 3.63) is 22.2 Å². The Bertz CT molecular complexity index is 631. The highest BCUT2D eigenvalue weighted by atomic mass is 79.9. The molecule has 118 valence electrons. The van der Waals surface area contributed by atoms with E-state index in [2.05, 4.69) is 34.5 Å². The Balaban J connectivity index is 2.28. The van der Waals surface area contributed by atoms with Crippen molar-refractivity contribution < 1.29 is 8.42 Å². The van der Waals surface area contributed by atoms with Gasteiger partial charge in [0, 0.05) is 16.2 Å². The number of hydrogen-bond acceptors (Lipinski definition) is 3. The Morgan fingerprint density at radius 3 is 2.62 bits per heavy atom. The molecular weight excluding hydrogens is 352 g/mol. The summed E-state index contributed by atoms with van der Waals surface area (Å²) in [6, 6.07) is 3.35. The summed E-state index contributed by atoms with van der Waals surface area (Å²) < 4.78 is 28.9. The van der Waals surface area contributed by atoms with E-state index in [0.29, 0.717) is 27.6 Å². The molecule has 4 nitrogen and oxygen atoms in total. The highest BCUT2D eigenvalue weighted by Gasteiger charge is 2.34. The van der Waals surface area contributed by atoms with Crippen LogP contribution >= 0.6 is 15.9 Å². The first-order chi connectivity index (χ1) is 9.76. The minimum absolute atomic E-state index is 0.0135. The number of benzene rings is 1. The molecule has 21 heavy (non-hydrogen) atoms. The number of halogens is 1. The van der Waals surface area contributed by atoms with Crippen molar-refractivity contribution in [3.8, 4) is 0 Å². The predicted molar refractivity (Wildman–Crippen MR) is 89.6 cm³/mol. The van der Waals surface area contributed by atoms with Crippen LogP contribution in [0.2, 0.25) is 0 Å². The van der Waals surface area contributed by atoms with Crippen LogP contribution in [-0.4, -0.2) is 14.5 Å². The maximum absolute atomic E-state index is 12.7. The molecule has 0 aromatic heterocycles. The number of anilines is 1. The molecule has 3 unspecified atom stereocenters. The molecule has 1 aromatic carbocycles. The molecule has 3 atom stereocenters. The van der Waals surface area contributed by atoms with Crippen LogP contribution in [0, 0.1) is 18.8 Å². The van der Waals surface area contributed by atoms with Crippen molar-refractivity contribution in [2.24, 2.45) is 11.8 Å². The number of nitrogen functional groups attached to an aromatic ring is 1. The standard InChI is InChI=1S/C15H23BrN2O2S/c1-4-11-5-6-14(9(11)2)18-21(19,20)15-8-12(16)7-13(17)10(15)3/h7-9,11,14,18H,4-6,17H2,1-3H3. The second-order valence-electron chi connectivity index (χ2n) is 5.95. The van der Waals surface area contributed by atoms with Gasteiger partial charge in [-0.05, 0) is 49.3 Å². The lowest BCUT2D eigenvalue weighted by molar-refractivity contribution is 0.368. The Morgan fingerprint density at radius 1 is 1.38 bits per heavy atom. The summed E-state index contributed by atoms with van der Waals surface area (Å²) in [5, 5.41) is 0. The molecule has 6 heteroatoms. The summed E-state index contributed by atoms with van der Waals surface area (Å²) in [6.07, 6.45) is 3.09. The van der Waals surface area contributed by atoms with E-state index in [0.717, 1.165) is 19.3 Å². The SMILES string of the molecule is CCC1CCC(NS(=O)(=O)c2cc(Br)cc(N)c2C)C1C. The molecule has 0 radical (unpaired) electrons. The summed E-state index contributed by atoms with van der Waals surface area (Å²) in [7, 11) is -3.54. The third-order valence-electron chi connectivity index (χ3n) is 4.71. The van der Waals surface area contributed by atoms with E-state index in [1.54, 1.807) is 19.1 Å². The molecule has 1 aliphatic rings. The van der Waals surface area contributed by atoms with Crippen LogP contribution in [0.1, 0.15) is 38.7 Å². The van der Waals surface area contributed by atoms with E-state index in [1.807, 2.05) is 0 Å². The molecule has 0 bridgehead atoms. The zero-order valence-electron chi connectivity index (χ0n) is 12.7. The summed E-state index contributed by atoms with van der Waals surface area (Å²) in [5.74, 6) is 0.973. The first-order valence-electron chi connectivity index (χ1n) is 7.34. The predicted octanol–water partition coefficient (Wildman–Crippen LogP) is 3.44. The maximum atomic E-state index is 12.7. The van der Waals surface area contributed by atoms with Crippen molar-refractivity contribution in [1.29, 1.82) is 0 Å². The Labute approximate surface area is 135 Å². The maximum Gasteiger partial charge on any atom is 0.241 e. The van der Waals surface area contributed by atoms with Crippen LogP contribution in [-0.2, 0) is 10.0 Å². The van der Waals surface area contributed by atoms with Crippen molar-refractivity contribution in [3.63, 3.8) is 0 Å². The zero-order valence-corrected chi connectivity index (χ0v) is 15.1. The van der Waals surface area contributed by atoms with Gasteiger partial charge in [-0.25, -0.2) is 13.1 Å². The fourth-order valence-electron chi connectivity index (χ4n) is 3.21. The van der Waals surface area contributed by atoms with E-state index in [1.165, 1.54) is 0 Å². The number of sulfonamides is 1. The first-order valence-corrected chi connectivity index (χ1v) is 9.61. The highest BCUT2D eigenvalue weighted by Crippen LogP contribution is 2.35. The molecule has 0 saturated heterocycles. The van der Waals surface area contributed by atoms with Gasteiger partial charge in [-0.2, -0.15) is 0 Å². The lowest BCUT2D eigenvalue weighted by atomic mass is 9.94. The van der Waals surface area contributed by atoms with Gasteiger partial charge in [-0.15, -0.1) is 0 Å². The normalized spacial score (nSPS) is 26.2. The fourth-order valence-corrected chi connectivity index (χ4v) is 5.49. The number of nitrogens with two attached hydrogens (primary N) is 1. The molecule has 1 fully saturated rings. The van der Waals surface area contributed by atoms with Gasteiger partial charge in [0.1, 0.15) is 0 Å².